The smallest absolute Gasteiger partial charge is 0.232 e. The Hall–Kier alpha value is -2.74. The first-order valence-electron chi connectivity index (χ1n) is 10.8. The quantitative estimate of drug-likeness (QED) is 0.488. The van der Waals surface area contributed by atoms with E-state index in [4.69, 9.17) is 9.47 Å². The van der Waals surface area contributed by atoms with Crippen LogP contribution in [0.1, 0.15) is 43.7 Å². The zero-order chi connectivity index (χ0) is 23.6. The number of benzene rings is 2. The summed E-state index contributed by atoms with van der Waals surface area (Å²) in [6.07, 6.45) is 5.04. The monoisotopic (exact) mass is 462 g/mol. The van der Waals surface area contributed by atoms with Crippen molar-refractivity contribution in [2.24, 2.45) is 0 Å². The van der Waals surface area contributed by atoms with E-state index in [0.717, 1.165) is 24.8 Å². The summed E-state index contributed by atoms with van der Waals surface area (Å²) in [5, 5.41) is 2.86. The van der Waals surface area contributed by atoms with E-state index in [1.54, 1.807) is 20.3 Å². The minimum atomic E-state index is -3.44. The first-order valence-corrected chi connectivity index (χ1v) is 12.7. The van der Waals surface area contributed by atoms with Gasteiger partial charge in [0.25, 0.3) is 0 Å². The standard InChI is InChI=1S/C24H34N2O5S/c1-5-6-8-19-10-13-21(14-11-19)26(32(4,28)29)16-7-9-24(27)25-18-20-12-15-22(30-2)23(17-20)31-3/h10-15,17H,5-9,16,18H2,1-4H3,(H,25,27). The van der Waals surface area contributed by atoms with Crippen molar-refractivity contribution in [3.05, 3.63) is 53.6 Å². The molecular weight excluding hydrogens is 428 g/mol. The molecule has 0 saturated carbocycles. The highest BCUT2D eigenvalue weighted by molar-refractivity contribution is 7.92. The van der Waals surface area contributed by atoms with Gasteiger partial charge in [0.05, 0.1) is 26.2 Å². The Morgan fingerprint density at radius 1 is 0.969 bits per heavy atom. The maximum atomic E-state index is 12.3. The Morgan fingerprint density at radius 3 is 2.22 bits per heavy atom. The lowest BCUT2D eigenvalue weighted by molar-refractivity contribution is -0.121. The molecule has 0 saturated heterocycles. The van der Waals surface area contributed by atoms with Crippen LogP contribution in [0.4, 0.5) is 5.69 Å². The van der Waals surface area contributed by atoms with E-state index < -0.39 is 10.0 Å². The van der Waals surface area contributed by atoms with Gasteiger partial charge in [-0.15, -0.1) is 0 Å². The van der Waals surface area contributed by atoms with Crippen molar-refractivity contribution in [3.8, 4) is 11.5 Å². The third kappa shape index (κ3) is 7.75. The number of nitrogens with zero attached hydrogens (tertiary/aromatic N) is 1. The summed E-state index contributed by atoms with van der Waals surface area (Å²) in [7, 11) is -0.308. The number of carbonyl (C=O) groups excluding carboxylic acids is 1. The Morgan fingerprint density at radius 2 is 1.62 bits per heavy atom. The van der Waals surface area contributed by atoms with Gasteiger partial charge in [-0.3, -0.25) is 9.10 Å². The first kappa shape index (κ1) is 25.5. The number of hydrogen-bond donors (Lipinski definition) is 1. The molecule has 0 spiro atoms. The fourth-order valence-corrected chi connectivity index (χ4v) is 4.32. The molecule has 32 heavy (non-hydrogen) atoms. The fourth-order valence-electron chi connectivity index (χ4n) is 3.36. The number of unbranched alkanes of at least 4 members (excludes halogenated alkanes) is 1. The maximum Gasteiger partial charge on any atom is 0.232 e. The van der Waals surface area contributed by atoms with E-state index in [9.17, 15) is 13.2 Å². The summed E-state index contributed by atoms with van der Waals surface area (Å²) in [6, 6.07) is 13.1. The number of carbonyl (C=O) groups is 1. The summed E-state index contributed by atoms with van der Waals surface area (Å²) in [5.41, 5.74) is 2.70. The van der Waals surface area contributed by atoms with Gasteiger partial charge in [0.2, 0.25) is 15.9 Å². The molecule has 0 heterocycles. The van der Waals surface area contributed by atoms with E-state index in [1.807, 2.05) is 36.4 Å². The SMILES string of the molecule is CCCCc1ccc(N(CCCC(=O)NCc2ccc(OC)c(OC)c2)S(C)(=O)=O)cc1. The maximum absolute atomic E-state index is 12.3. The fraction of sp³-hybridized carbons (Fsp3) is 0.458. The molecule has 2 aromatic carbocycles. The molecule has 2 aromatic rings. The van der Waals surface area contributed by atoms with E-state index in [-0.39, 0.29) is 18.9 Å². The molecule has 7 nitrogen and oxygen atoms in total. The van der Waals surface area contributed by atoms with Gasteiger partial charge in [0.15, 0.2) is 11.5 Å². The third-order valence-corrected chi connectivity index (χ3v) is 6.34. The first-order chi connectivity index (χ1) is 15.3. The van der Waals surface area contributed by atoms with Crippen LogP contribution < -0.4 is 19.1 Å². The average molecular weight is 463 g/mol. The number of methoxy groups -OCH3 is 2. The molecular formula is C24H34N2O5S. The molecule has 0 aliphatic heterocycles. The van der Waals surface area contributed by atoms with Crippen molar-refractivity contribution in [2.45, 2.75) is 45.6 Å². The lowest BCUT2D eigenvalue weighted by Crippen LogP contribution is -2.32. The largest absolute Gasteiger partial charge is 0.493 e. The highest BCUT2D eigenvalue weighted by atomic mass is 32.2. The molecule has 0 aliphatic rings. The van der Waals surface area contributed by atoms with E-state index in [0.29, 0.717) is 30.2 Å². The second-order valence-corrected chi connectivity index (χ2v) is 9.58. The van der Waals surface area contributed by atoms with Crippen LogP contribution in [0.15, 0.2) is 42.5 Å². The highest BCUT2D eigenvalue weighted by Gasteiger charge is 2.17. The second kappa shape index (κ2) is 12.3. The van der Waals surface area contributed by atoms with Crippen molar-refractivity contribution in [1.82, 2.24) is 5.32 Å². The van der Waals surface area contributed by atoms with E-state index in [1.165, 1.54) is 16.1 Å². The molecule has 0 fully saturated rings. The van der Waals surface area contributed by atoms with Gasteiger partial charge in [0, 0.05) is 19.5 Å². The van der Waals surface area contributed by atoms with Gasteiger partial charge in [-0.1, -0.05) is 31.5 Å². The normalized spacial score (nSPS) is 11.1. The second-order valence-electron chi connectivity index (χ2n) is 7.67. The van der Waals surface area contributed by atoms with Crippen LogP contribution in [0.2, 0.25) is 0 Å². The van der Waals surface area contributed by atoms with Crippen molar-refractivity contribution >= 4 is 21.6 Å². The highest BCUT2D eigenvalue weighted by Crippen LogP contribution is 2.27. The zero-order valence-electron chi connectivity index (χ0n) is 19.4. The molecule has 0 aliphatic carbocycles. The predicted molar refractivity (Wildman–Crippen MR) is 128 cm³/mol. The Balaban J connectivity index is 1.89. The Kier molecular flexibility index (Phi) is 9.84. The molecule has 2 rings (SSSR count). The van der Waals surface area contributed by atoms with Gasteiger partial charge < -0.3 is 14.8 Å². The van der Waals surface area contributed by atoms with Gasteiger partial charge in [0.1, 0.15) is 0 Å². The molecule has 1 N–H and O–H groups in total. The molecule has 176 valence electrons. The summed E-state index contributed by atoms with van der Waals surface area (Å²) in [5.74, 6) is 1.09. The average Bonchev–Trinajstić information content (AvgIpc) is 2.78. The topological polar surface area (TPSA) is 84.9 Å². The lowest BCUT2D eigenvalue weighted by Gasteiger charge is -2.22. The molecule has 0 unspecified atom stereocenters. The summed E-state index contributed by atoms with van der Waals surface area (Å²) < 4.78 is 36.4. The molecule has 1 amide bonds. The van der Waals surface area contributed by atoms with Gasteiger partial charge >= 0.3 is 0 Å². The zero-order valence-corrected chi connectivity index (χ0v) is 20.2. The summed E-state index contributed by atoms with van der Waals surface area (Å²) in [6.45, 7) is 2.74. The van der Waals surface area contributed by atoms with Crippen LogP contribution in [-0.4, -0.2) is 41.3 Å². The molecule has 0 radical (unpaired) electrons. The van der Waals surface area contributed by atoms with Crippen molar-refractivity contribution < 1.29 is 22.7 Å². The number of rotatable bonds is 13. The van der Waals surface area contributed by atoms with E-state index in [2.05, 4.69) is 12.2 Å². The van der Waals surface area contributed by atoms with Crippen molar-refractivity contribution in [2.75, 3.05) is 31.3 Å². The minimum absolute atomic E-state index is 0.136. The van der Waals surface area contributed by atoms with Crippen molar-refractivity contribution in [1.29, 1.82) is 0 Å². The van der Waals surface area contributed by atoms with Gasteiger partial charge in [-0.25, -0.2) is 8.42 Å². The predicted octanol–water partition coefficient (Wildman–Crippen LogP) is 3.91. The third-order valence-electron chi connectivity index (χ3n) is 5.15. The Labute approximate surface area is 191 Å². The Bertz CT molecular complexity index is 974. The van der Waals surface area contributed by atoms with Crippen molar-refractivity contribution in [3.63, 3.8) is 0 Å². The number of anilines is 1. The van der Waals surface area contributed by atoms with Crippen LogP contribution >= 0.6 is 0 Å². The molecule has 0 atom stereocenters. The number of ether oxygens (including phenoxy) is 2. The minimum Gasteiger partial charge on any atom is -0.493 e. The number of hydrogen-bond acceptors (Lipinski definition) is 5. The number of amides is 1. The lowest BCUT2D eigenvalue weighted by atomic mass is 10.1. The van der Waals surface area contributed by atoms with Crippen LogP contribution in [0.5, 0.6) is 11.5 Å². The summed E-state index contributed by atoms with van der Waals surface area (Å²) >= 11 is 0. The molecule has 0 bridgehead atoms. The van der Waals surface area contributed by atoms with Gasteiger partial charge in [-0.2, -0.15) is 0 Å². The van der Waals surface area contributed by atoms with E-state index >= 15 is 0 Å². The van der Waals surface area contributed by atoms with Gasteiger partial charge in [-0.05, 0) is 54.7 Å². The number of aryl methyl sites for hydroxylation is 1. The van der Waals surface area contributed by atoms with Crippen LogP contribution in [0, 0.1) is 0 Å². The molecule has 8 heteroatoms. The van der Waals surface area contributed by atoms with Crippen LogP contribution in [0.3, 0.4) is 0 Å². The number of nitrogens with one attached hydrogen (secondary N) is 1. The van der Waals surface area contributed by atoms with Crippen LogP contribution in [0.25, 0.3) is 0 Å². The number of sulfonamides is 1. The van der Waals surface area contributed by atoms with Crippen LogP contribution in [-0.2, 0) is 27.8 Å². The summed E-state index contributed by atoms with van der Waals surface area (Å²) in [4.78, 5) is 12.3. The molecule has 0 aromatic heterocycles.